The average molecular weight is 416 g/mol. The van der Waals surface area contributed by atoms with Gasteiger partial charge in [-0.2, -0.15) is 26.3 Å². The summed E-state index contributed by atoms with van der Waals surface area (Å²) in [5.74, 6) is -0.487. The number of aromatic nitrogens is 1. The molecule has 1 heterocycles. The first-order valence-electron chi connectivity index (χ1n) is 8.66. The van der Waals surface area contributed by atoms with Crippen LogP contribution in [0.3, 0.4) is 0 Å². The summed E-state index contributed by atoms with van der Waals surface area (Å²) < 4.78 is 75.1. The Bertz CT molecular complexity index is 839. The normalized spacial score (nSPS) is 12.4. The van der Waals surface area contributed by atoms with E-state index in [1.165, 1.54) is 47.5 Å². The lowest BCUT2D eigenvalue weighted by atomic mass is 10.1. The van der Waals surface area contributed by atoms with E-state index >= 15 is 0 Å². The van der Waals surface area contributed by atoms with E-state index in [4.69, 9.17) is 0 Å². The zero-order valence-electron chi connectivity index (χ0n) is 15.4. The summed E-state index contributed by atoms with van der Waals surface area (Å²) in [6.45, 7) is 1.46. The number of halogens is 6. The predicted octanol–water partition coefficient (Wildman–Crippen LogP) is 6.02. The van der Waals surface area contributed by atoms with Gasteiger partial charge in [-0.3, -0.25) is 9.78 Å². The van der Waals surface area contributed by atoms with Gasteiger partial charge in [0.1, 0.15) is 0 Å². The van der Waals surface area contributed by atoms with Crippen LogP contribution in [0.15, 0.2) is 54.7 Å². The molecule has 2 aromatic rings. The Balaban J connectivity index is 2.20. The highest BCUT2D eigenvalue weighted by Crippen LogP contribution is 2.31. The molecule has 0 saturated carbocycles. The maximum atomic E-state index is 12.6. The van der Waals surface area contributed by atoms with Gasteiger partial charge in [-0.05, 0) is 43.7 Å². The monoisotopic (exact) mass is 416 g/mol. The first-order valence-corrected chi connectivity index (χ1v) is 8.66. The topological polar surface area (TPSA) is 33.2 Å². The fraction of sp³-hybridized carbons (Fsp3) is 0.300. The number of hydrogen-bond acceptors (Lipinski definition) is 2. The van der Waals surface area contributed by atoms with Crippen molar-refractivity contribution < 1.29 is 31.1 Å². The lowest BCUT2D eigenvalue weighted by molar-refractivity contribution is -0.137. The predicted molar refractivity (Wildman–Crippen MR) is 97.1 cm³/mol. The van der Waals surface area contributed by atoms with Crippen molar-refractivity contribution in [2.24, 2.45) is 0 Å². The molecule has 0 bridgehead atoms. The smallest absolute Gasteiger partial charge is 0.307 e. The molecule has 29 heavy (non-hydrogen) atoms. The van der Waals surface area contributed by atoms with E-state index < -0.39 is 30.2 Å². The van der Waals surface area contributed by atoms with E-state index in [0.29, 0.717) is 16.9 Å². The van der Waals surface area contributed by atoms with Crippen LogP contribution in [-0.2, 0) is 11.0 Å². The molecular formula is C20H18F6N2O. The number of amides is 1. The molecule has 0 aliphatic rings. The van der Waals surface area contributed by atoms with E-state index in [9.17, 15) is 31.1 Å². The van der Waals surface area contributed by atoms with E-state index in [2.05, 4.69) is 4.98 Å². The number of carbonyl (C=O) groups is 1. The number of hydrogen-bond donors (Lipinski definition) is 0. The zero-order valence-corrected chi connectivity index (χ0v) is 15.4. The Labute approximate surface area is 163 Å². The van der Waals surface area contributed by atoms with Crippen molar-refractivity contribution >= 4 is 11.6 Å². The van der Waals surface area contributed by atoms with Gasteiger partial charge in [0.25, 0.3) is 5.91 Å². The second-order valence-electron chi connectivity index (χ2n) is 6.19. The van der Waals surface area contributed by atoms with Crippen molar-refractivity contribution in [3.63, 3.8) is 0 Å². The number of allylic oxidation sites excluding steroid dienone is 1. The molecule has 0 aliphatic carbocycles. The fourth-order valence-corrected chi connectivity index (χ4v) is 2.58. The molecule has 0 spiro atoms. The van der Waals surface area contributed by atoms with Gasteiger partial charge in [0.05, 0.1) is 23.1 Å². The van der Waals surface area contributed by atoms with Crippen molar-refractivity contribution in [2.45, 2.75) is 32.1 Å². The number of nitrogens with zero attached hydrogens (tertiary/aromatic N) is 2. The molecule has 0 aliphatic heterocycles. The van der Waals surface area contributed by atoms with Gasteiger partial charge in [0, 0.05) is 18.5 Å². The molecule has 0 fully saturated rings. The molecule has 2 rings (SSSR count). The highest BCUT2D eigenvalue weighted by Gasteiger charge is 2.30. The third-order valence-electron chi connectivity index (χ3n) is 3.98. The van der Waals surface area contributed by atoms with Crippen LogP contribution in [0, 0.1) is 0 Å². The minimum Gasteiger partial charge on any atom is -0.307 e. The van der Waals surface area contributed by atoms with Crippen LogP contribution in [0.2, 0.25) is 0 Å². The largest absolute Gasteiger partial charge is 0.416 e. The number of carbonyl (C=O) groups excluding carboxylic acids is 1. The highest BCUT2D eigenvalue weighted by atomic mass is 19.4. The maximum absolute atomic E-state index is 12.6. The van der Waals surface area contributed by atoms with Crippen LogP contribution < -0.4 is 4.90 Å². The summed E-state index contributed by atoms with van der Waals surface area (Å²) in [4.78, 5) is 17.5. The number of alkyl halides is 6. The molecule has 0 atom stereocenters. The van der Waals surface area contributed by atoms with Gasteiger partial charge in [0.2, 0.25) is 0 Å². The second kappa shape index (κ2) is 9.11. The Kier molecular flexibility index (Phi) is 7.05. The molecular weight excluding hydrogens is 398 g/mol. The third kappa shape index (κ3) is 6.62. The molecule has 0 radical (unpaired) electrons. The summed E-state index contributed by atoms with van der Waals surface area (Å²) in [5, 5.41) is 0. The Morgan fingerprint density at radius 2 is 1.69 bits per heavy atom. The highest BCUT2D eigenvalue weighted by molar-refractivity contribution is 6.01. The number of pyridine rings is 1. The first-order chi connectivity index (χ1) is 13.5. The van der Waals surface area contributed by atoms with Gasteiger partial charge < -0.3 is 4.90 Å². The summed E-state index contributed by atoms with van der Waals surface area (Å²) in [6, 6.07) is 7.41. The summed E-state index contributed by atoms with van der Waals surface area (Å²) in [5.41, 5.74) is 0.320. The first kappa shape index (κ1) is 22.4. The van der Waals surface area contributed by atoms with E-state index in [1.807, 2.05) is 0 Å². The van der Waals surface area contributed by atoms with Gasteiger partial charge in [-0.1, -0.05) is 18.2 Å². The van der Waals surface area contributed by atoms with Crippen molar-refractivity contribution in [1.82, 2.24) is 4.98 Å². The Morgan fingerprint density at radius 3 is 2.17 bits per heavy atom. The van der Waals surface area contributed by atoms with Crippen LogP contribution in [0.1, 0.15) is 25.3 Å². The number of rotatable bonds is 6. The van der Waals surface area contributed by atoms with Crippen molar-refractivity contribution in [2.75, 3.05) is 11.4 Å². The second-order valence-corrected chi connectivity index (χ2v) is 6.19. The van der Waals surface area contributed by atoms with Gasteiger partial charge in [-0.15, -0.1) is 0 Å². The van der Waals surface area contributed by atoms with Crippen molar-refractivity contribution in [1.29, 1.82) is 0 Å². The molecule has 0 unspecified atom stereocenters. The maximum Gasteiger partial charge on any atom is 0.416 e. The summed E-state index contributed by atoms with van der Waals surface area (Å²) in [7, 11) is 0. The summed E-state index contributed by atoms with van der Waals surface area (Å²) >= 11 is 0. The van der Waals surface area contributed by atoms with Crippen LogP contribution >= 0.6 is 0 Å². The van der Waals surface area contributed by atoms with Gasteiger partial charge in [0.15, 0.2) is 0 Å². The molecule has 9 heteroatoms. The summed E-state index contributed by atoms with van der Waals surface area (Å²) in [6.07, 6.45) is -6.04. The average Bonchev–Trinajstić information content (AvgIpc) is 2.64. The Hall–Kier alpha value is -2.84. The molecule has 0 saturated heterocycles. The minimum absolute atomic E-state index is 0.149. The van der Waals surface area contributed by atoms with E-state index in [-0.39, 0.29) is 13.0 Å². The van der Waals surface area contributed by atoms with Gasteiger partial charge >= 0.3 is 12.4 Å². The quantitative estimate of drug-likeness (QED) is 0.426. The standard InChI is InChI=1S/C20H18F6N2O/c1-2-4-18(29)28(12-3-11-19(21,22)23)16-9-10-17(27-13-16)14-5-7-15(8-6-14)20(24,25)26/h2,4-10,13H,3,11-12H2,1H3/b4-2+. The molecule has 1 aromatic carbocycles. The third-order valence-corrected chi connectivity index (χ3v) is 3.98. The van der Waals surface area contributed by atoms with Crippen molar-refractivity contribution in [3.8, 4) is 11.3 Å². The molecule has 3 nitrogen and oxygen atoms in total. The molecule has 156 valence electrons. The van der Waals surface area contributed by atoms with Crippen LogP contribution in [0.4, 0.5) is 32.0 Å². The number of anilines is 1. The molecule has 1 amide bonds. The van der Waals surface area contributed by atoms with E-state index in [1.54, 1.807) is 6.92 Å². The lowest BCUT2D eigenvalue weighted by Gasteiger charge is -2.21. The Morgan fingerprint density at radius 1 is 1.03 bits per heavy atom. The van der Waals surface area contributed by atoms with Crippen LogP contribution in [0.25, 0.3) is 11.3 Å². The van der Waals surface area contributed by atoms with Crippen LogP contribution in [-0.4, -0.2) is 23.6 Å². The number of benzene rings is 1. The van der Waals surface area contributed by atoms with Crippen LogP contribution in [0.5, 0.6) is 0 Å². The molecule has 1 aromatic heterocycles. The van der Waals surface area contributed by atoms with Crippen molar-refractivity contribution in [3.05, 3.63) is 60.3 Å². The molecule has 0 N–H and O–H groups in total. The fourth-order valence-electron chi connectivity index (χ4n) is 2.58. The lowest BCUT2D eigenvalue weighted by Crippen LogP contribution is -2.31. The van der Waals surface area contributed by atoms with E-state index in [0.717, 1.165) is 12.1 Å². The SMILES string of the molecule is C/C=C/C(=O)N(CCCC(F)(F)F)c1ccc(-c2ccc(C(F)(F)F)cc2)nc1. The van der Waals surface area contributed by atoms with Gasteiger partial charge in [-0.25, -0.2) is 0 Å². The minimum atomic E-state index is -4.44. The zero-order chi connectivity index (χ0) is 21.7.